The van der Waals surface area contributed by atoms with Gasteiger partial charge in [0.05, 0.1) is 0 Å². The third-order valence-electron chi connectivity index (χ3n) is 1.83. The van der Waals surface area contributed by atoms with Crippen LogP contribution in [0.25, 0.3) is 0 Å². The summed E-state index contributed by atoms with van der Waals surface area (Å²) >= 11 is 0. The molecule has 0 fully saturated rings. The van der Waals surface area contributed by atoms with E-state index < -0.39 is 5.85 Å². The minimum atomic E-state index is -0.616. The van der Waals surface area contributed by atoms with Crippen LogP contribution in [0.15, 0.2) is 12.5 Å². The van der Waals surface area contributed by atoms with E-state index in [9.17, 15) is 0 Å². The molecule has 1 rings (SSSR count). The normalized spacial score (nSPS) is 28.2. The molecule has 3 N–H and O–H groups in total. The van der Waals surface area contributed by atoms with Crippen LogP contribution in [-0.4, -0.2) is 5.85 Å². The molecule has 1 aliphatic rings. The molecule has 0 bridgehead atoms. The Labute approximate surface area is 67.6 Å². The minimum absolute atomic E-state index is 0.616. The van der Waals surface area contributed by atoms with Gasteiger partial charge in [-0.3, -0.25) is 5.73 Å². The molecule has 11 heavy (non-hydrogen) atoms. The zero-order valence-electron chi connectivity index (χ0n) is 6.97. The average Bonchev–Trinajstić information content (AvgIpc) is 2.38. The molecule has 0 saturated heterocycles. The Kier molecular flexibility index (Phi) is 2.76. The van der Waals surface area contributed by atoms with E-state index in [2.05, 4.69) is 12.2 Å². The number of unbranched alkanes of at least 4 members (excludes halogenated alkanes) is 2. The minimum Gasteiger partial charge on any atom is -0.461 e. The van der Waals surface area contributed by atoms with Crippen molar-refractivity contribution in [2.24, 2.45) is 5.73 Å². The monoisotopic (exact) mass is 156 g/mol. The lowest BCUT2D eigenvalue weighted by Gasteiger charge is -2.23. The third kappa shape index (κ3) is 2.42. The van der Waals surface area contributed by atoms with Gasteiger partial charge < -0.3 is 10.1 Å². The van der Waals surface area contributed by atoms with Crippen LogP contribution in [0.1, 0.15) is 32.6 Å². The Morgan fingerprint density at radius 2 is 2.36 bits per heavy atom. The van der Waals surface area contributed by atoms with Crippen LogP contribution in [0.4, 0.5) is 0 Å². The Morgan fingerprint density at radius 1 is 1.55 bits per heavy atom. The van der Waals surface area contributed by atoms with Gasteiger partial charge in [0.2, 0.25) is 5.85 Å². The Morgan fingerprint density at radius 3 is 2.91 bits per heavy atom. The van der Waals surface area contributed by atoms with Crippen LogP contribution in [0, 0.1) is 0 Å². The first-order valence-corrected chi connectivity index (χ1v) is 4.16. The van der Waals surface area contributed by atoms with E-state index in [1.165, 1.54) is 12.8 Å². The van der Waals surface area contributed by atoms with Gasteiger partial charge in [-0.2, -0.15) is 0 Å². The van der Waals surface area contributed by atoms with Gasteiger partial charge in [-0.25, -0.2) is 0 Å². The maximum Gasteiger partial charge on any atom is 0.234 e. The first-order valence-electron chi connectivity index (χ1n) is 4.16. The van der Waals surface area contributed by atoms with Crippen LogP contribution in [-0.2, 0) is 4.74 Å². The summed E-state index contributed by atoms with van der Waals surface area (Å²) in [5, 5.41) is 2.97. The highest BCUT2D eigenvalue weighted by atomic mass is 16.5. The van der Waals surface area contributed by atoms with Crippen LogP contribution in [0.5, 0.6) is 0 Å². The number of hydrogen-bond donors (Lipinski definition) is 2. The molecule has 0 aliphatic carbocycles. The van der Waals surface area contributed by atoms with Gasteiger partial charge in [0.1, 0.15) is 6.26 Å². The molecule has 1 unspecified atom stereocenters. The quantitative estimate of drug-likeness (QED) is 0.602. The lowest BCUT2D eigenvalue weighted by Crippen LogP contribution is -2.49. The van der Waals surface area contributed by atoms with E-state index in [4.69, 9.17) is 10.5 Å². The average molecular weight is 156 g/mol. The fraction of sp³-hybridized carbons (Fsp3) is 0.750. The van der Waals surface area contributed by atoms with Crippen molar-refractivity contribution in [3.05, 3.63) is 12.5 Å². The molecule has 1 atom stereocenters. The lowest BCUT2D eigenvalue weighted by molar-refractivity contribution is 0.0202. The van der Waals surface area contributed by atoms with Crippen LogP contribution in [0.3, 0.4) is 0 Å². The summed E-state index contributed by atoms with van der Waals surface area (Å²) < 4.78 is 5.17. The summed E-state index contributed by atoms with van der Waals surface area (Å²) in [5.41, 5.74) is 5.80. The zero-order valence-corrected chi connectivity index (χ0v) is 6.97. The smallest absolute Gasteiger partial charge is 0.234 e. The highest BCUT2D eigenvalue weighted by molar-refractivity contribution is 4.89. The predicted octanol–water partition coefficient (Wildman–Crippen LogP) is 1.27. The molecule has 0 radical (unpaired) electrons. The van der Waals surface area contributed by atoms with Crippen molar-refractivity contribution in [3.63, 3.8) is 0 Å². The molecule has 1 aliphatic heterocycles. The molecule has 0 aromatic heterocycles. The Hall–Kier alpha value is -0.700. The standard InChI is InChI=1S/C8H16N2O/c1-2-3-4-5-8(9)10-6-7-11-8/h6-7,10H,2-5,9H2,1H3. The number of rotatable bonds is 4. The first kappa shape index (κ1) is 8.40. The summed E-state index contributed by atoms with van der Waals surface area (Å²) in [5.74, 6) is -0.616. The van der Waals surface area contributed by atoms with E-state index in [1.54, 1.807) is 12.5 Å². The van der Waals surface area contributed by atoms with Crippen molar-refractivity contribution in [2.45, 2.75) is 38.5 Å². The molecule has 3 nitrogen and oxygen atoms in total. The van der Waals surface area contributed by atoms with E-state index in [0.29, 0.717) is 0 Å². The van der Waals surface area contributed by atoms with E-state index in [0.717, 1.165) is 12.8 Å². The van der Waals surface area contributed by atoms with Crippen molar-refractivity contribution in [1.29, 1.82) is 0 Å². The van der Waals surface area contributed by atoms with Gasteiger partial charge in [-0.05, 0) is 6.42 Å². The number of nitrogens with one attached hydrogen (secondary N) is 1. The predicted molar refractivity (Wildman–Crippen MR) is 44.4 cm³/mol. The summed E-state index contributed by atoms with van der Waals surface area (Å²) in [6.45, 7) is 2.17. The fourth-order valence-electron chi connectivity index (χ4n) is 1.13. The second-order valence-corrected chi connectivity index (χ2v) is 2.91. The van der Waals surface area contributed by atoms with Gasteiger partial charge in [0, 0.05) is 12.6 Å². The van der Waals surface area contributed by atoms with E-state index in [1.807, 2.05) is 0 Å². The summed E-state index contributed by atoms with van der Waals surface area (Å²) in [6, 6.07) is 0. The number of nitrogens with two attached hydrogens (primary N) is 1. The van der Waals surface area contributed by atoms with Gasteiger partial charge in [0.15, 0.2) is 0 Å². The SMILES string of the molecule is CCCCCC1(N)NC=CO1. The third-order valence-corrected chi connectivity index (χ3v) is 1.83. The van der Waals surface area contributed by atoms with Gasteiger partial charge in [-0.15, -0.1) is 0 Å². The summed E-state index contributed by atoms with van der Waals surface area (Å²) in [7, 11) is 0. The van der Waals surface area contributed by atoms with Gasteiger partial charge in [-0.1, -0.05) is 19.8 Å². The van der Waals surface area contributed by atoms with E-state index >= 15 is 0 Å². The number of ether oxygens (including phenoxy) is 1. The van der Waals surface area contributed by atoms with Crippen molar-refractivity contribution in [3.8, 4) is 0 Å². The summed E-state index contributed by atoms with van der Waals surface area (Å²) in [6.07, 6.45) is 7.75. The molecule has 64 valence electrons. The van der Waals surface area contributed by atoms with Crippen molar-refractivity contribution >= 4 is 0 Å². The zero-order chi connectivity index (χ0) is 8.16. The van der Waals surface area contributed by atoms with Crippen molar-refractivity contribution < 1.29 is 4.74 Å². The molecule has 3 heteroatoms. The van der Waals surface area contributed by atoms with Crippen LogP contribution in [0.2, 0.25) is 0 Å². The second kappa shape index (κ2) is 3.62. The molecule has 0 aromatic carbocycles. The van der Waals surface area contributed by atoms with Crippen LogP contribution < -0.4 is 11.1 Å². The lowest BCUT2D eigenvalue weighted by atomic mass is 10.1. The Balaban J connectivity index is 2.14. The first-order chi connectivity index (χ1) is 5.27. The summed E-state index contributed by atoms with van der Waals surface area (Å²) in [4.78, 5) is 0. The van der Waals surface area contributed by atoms with Crippen molar-refractivity contribution in [1.82, 2.24) is 5.32 Å². The molecule has 0 spiro atoms. The Bertz CT molecular complexity index is 137. The topological polar surface area (TPSA) is 47.3 Å². The van der Waals surface area contributed by atoms with Gasteiger partial charge in [0.25, 0.3) is 0 Å². The largest absolute Gasteiger partial charge is 0.461 e. The molecule has 0 amide bonds. The molecular weight excluding hydrogens is 140 g/mol. The van der Waals surface area contributed by atoms with Crippen LogP contribution >= 0.6 is 0 Å². The second-order valence-electron chi connectivity index (χ2n) is 2.91. The highest BCUT2D eigenvalue weighted by Crippen LogP contribution is 2.14. The number of hydrogen-bond acceptors (Lipinski definition) is 3. The van der Waals surface area contributed by atoms with Crippen molar-refractivity contribution in [2.75, 3.05) is 0 Å². The molecule has 1 heterocycles. The fourth-order valence-corrected chi connectivity index (χ4v) is 1.13. The van der Waals surface area contributed by atoms with E-state index in [-0.39, 0.29) is 0 Å². The molecule has 0 saturated carbocycles. The maximum absolute atomic E-state index is 5.80. The molecule has 0 aromatic rings. The maximum atomic E-state index is 5.80. The van der Waals surface area contributed by atoms with Gasteiger partial charge >= 0.3 is 0 Å². The molecular formula is C8H16N2O. The highest BCUT2D eigenvalue weighted by Gasteiger charge is 2.26.